The van der Waals surface area contributed by atoms with Crippen molar-refractivity contribution in [3.8, 4) is 0 Å². The summed E-state index contributed by atoms with van der Waals surface area (Å²) in [6.07, 6.45) is 4.01. The Bertz CT molecular complexity index is 635. The molecule has 0 unspecified atom stereocenters. The highest BCUT2D eigenvalue weighted by atomic mass is 79.9. The van der Waals surface area contributed by atoms with Gasteiger partial charge in [-0.1, -0.05) is 36.4 Å². The minimum Gasteiger partial charge on any atom is -1.00 e. The number of halogens is 1. The van der Waals surface area contributed by atoms with Gasteiger partial charge in [0.25, 0.3) is 5.91 Å². The van der Waals surface area contributed by atoms with E-state index in [9.17, 15) is 9.59 Å². The third-order valence-electron chi connectivity index (χ3n) is 3.29. The van der Waals surface area contributed by atoms with Gasteiger partial charge in [-0.05, 0) is 12.5 Å². The van der Waals surface area contributed by atoms with Crippen LogP contribution >= 0.6 is 0 Å². The fourth-order valence-corrected chi connectivity index (χ4v) is 2.23. The molecular formula is C18H21BrN2O3. The van der Waals surface area contributed by atoms with Gasteiger partial charge in [-0.3, -0.25) is 4.79 Å². The molecule has 1 atom stereocenters. The molecule has 0 fully saturated rings. The molecule has 24 heavy (non-hydrogen) atoms. The van der Waals surface area contributed by atoms with E-state index in [2.05, 4.69) is 5.32 Å². The zero-order valence-electron chi connectivity index (χ0n) is 13.5. The number of rotatable bonds is 7. The van der Waals surface area contributed by atoms with Gasteiger partial charge >= 0.3 is 5.97 Å². The van der Waals surface area contributed by atoms with Gasteiger partial charge in [-0.25, -0.2) is 4.79 Å². The van der Waals surface area contributed by atoms with Crippen LogP contribution in [0.4, 0.5) is 0 Å². The van der Waals surface area contributed by atoms with E-state index in [-0.39, 0.29) is 36.0 Å². The third kappa shape index (κ3) is 6.50. The van der Waals surface area contributed by atoms with Crippen LogP contribution in [0, 0.1) is 0 Å². The van der Waals surface area contributed by atoms with Crippen LogP contribution in [0.5, 0.6) is 0 Å². The lowest BCUT2D eigenvalue weighted by Gasteiger charge is -2.16. The quantitative estimate of drug-likeness (QED) is 0.449. The van der Waals surface area contributed by atoms with Gasteiger partial charge in [0.2, 0.25) is 6.54 Å². The molecule has 2 aromatic rings. The molecule has 0 spiro atoms. The lowest BCUT2D eigenvalue weighted by molar-refractivity contribution is -0.684. The van der Waals surface area contributed by atoms with Gasteiger partial charge in [0, 0.05) is 18.6 Å². The van der Waals surface area contributed by atoms with E-state index in [0.29, 0.717) is 6.42 Å². The van der Waals surface area contributed by atoms with E-state index in [4.69, 9.17) is 4.74 Å². The van der Waals surface area contributed by atoms with Crippen LogP contribution in [0.25, 0.3) is 0 Å². The first-order chi connectivity index (χ1) is 11.2. The maximum absolute atomic E-state index is 12.2. The van der Waals surface area contributed by atoms with Crippen molar-refractivity contribution in [3.63, 3.8) is 0 Å². The molecule has 6 heteroatoms. The van der Waals surface area contributed by atoms with Crippen LogP contribution < -0.4 is 26.9 Å². The average molecular weight is 393 g/mol. The molecule has 128 valence electrons. The number of ether oxygens (including phenoxy) is 1. The smallest absolute Gasteiger partial charge is 0.328 e. The Hall–Kier alpha value is -2.21. The molecule has 1 aromatic heterocycles. The Labute approximate surface area is 152 Å². The van der Waals surface area contributed by atoms with Crippen LogP contribution in [0.3, 0.4) is 0 Å². The molecule has 0 radical (unpaired) electrons. The second-order valence-electron chi connectivity index (χ2n) is 5.11. The number of pyridine rings is 1. The van der Waals surface area contributed by atoms with Crippen LogP contribution in [0.1, 0.15) is 12.5 Å². The molecule has 0 aliphatic carbocycles. The van der Waals surface area contributed by atoms with Crippen molar-refractivity contribution >= 4 is 11.9 Å². The molecule has 1 amide bonds. The van der Waals surface area contributed by atoms with Crippen molar-refractivity contribution in [1.82, 2.24) is 5.32 Å². The molecule has 1 aromatic carbocycles. The lowest BCUT2D eigenvalue weighted by Crippen LogP contribution is -3.00. The zero-order chi connectivity index (χ0) is 16.5. The first kappa shape index (κ1) is 19.8. The Balaban J connectivity index is 0.00000288. The molecule has 1 heterocycles. The minimum atomic E-state index is -0.686. The molecule has 0 aliphatic heterocycles. The second-order valence-corrected chi connectivity index (χ2v) is 5.11. The van der Waals surface area contributed by atoms with E-state index in [1.807, 2.05) is 48.5 Å². The van der Waals surface area contributed by atoms with Crippen molar-refractivity contribution < 1.29 is 35.9 Å². The highest BCUT2D eigenvalue weighted by Gasteiger charge is 2.23. The first-order valence-corrected chi connectivity index (χ1v) is 7.63. The summed E-state index contributed by atoms with van der Waals surface area (Å²) in [5.41, 5.74) is 0.971. The third-order valence-corrected chi connectivity index (χ3v) is 3.29. The van der Waals surface area contributed by atoms with E-state index < -0.39 is 12.0 Å². The first-order valence-electron chi connectivity index (χ1n) is 7.63. The summed E-state index contributed by atoms with van der Waals surface area (Å²) in [7, 11) is 0. The zero-order valence-corrected chi connectivity index (χ0v) is 15.1. The molecule has 2 rings (SSSR count). The van der Waals surface area contributed by atoms with Gasteiger partial charge in [-0.15, -0.1) is 0 Å². The summed E-state index contributed by atoms with van der Waals surface area (Å²) in [5.74, 6) is -0.641. The SMILES string of the molecule is CCOC(=O)[C@H](Cc1ccccc1)NC(=O)C[n+]1ccccc1.[Br-]. The van der Waals surface area contributed by atoms with E-state index in [1.54, 1.807) is 23.9 Å². The number of amides is 1. The van der Waals surface area contributed by atoms with Crippen LogP contribution in [0.15, 0.2) is 60.9 Å². The molecule has 0 aliphatic rings. The Morgan fingerprint density at radius 3 is 2.33 bits per heavy atom. The number of hydrogen-bond acceptors (Lipinski definition) is 3. The maximum Gasteiger partial charge on any atom is 0.328 e. The monoisotopic (exact) mass is 392 g/mol. The normalized spacial score (nSPS) is 11.0. The van der Waals surface area contributed by atoms with Crippen molar-refractivity contribution in [1.29, 1.82) is 0 Å². The van der Waals surface area contributed by atoms with Gasteiger partial charge in [0.15, 0.2) is 12.4 Å². The predicted molar refractivity (Wildman–Crippen MR) is 85.3 cm³/mol. The lowest BCUT2D eigenvalue weighted by atomic mass is 10.1. The molecule has 1 N–H and O–H groups in total. The highest BCUT2D eigenvalue weighted by Crippen LogP contribution is 2.05. The predicted octanol–water partition coefficient (Wildman–Crippen LogP) is -1.73. The van der Waals surface area contributed by atoms with E-state index in [0.717, 1.165) is 5.56 Å². The van der Waals surface area contributed by atoms with Gasteiger partial charge < -0.3 is 27.0 Å². The second kappa shape index (κ2) is 10.5. The fraction of sp³-hybridized carbons (Fsp3) is 0.278. The Morgan fingerprint density at radius 1 is 1.08 bits per heavy atom. The Morgan fingerprint density at radius 2 is 1.71 bits per heavy atom. The van der Waals surface area contributed by atoms with Gasteiger partial charge in [0.05, 0.1) is 6.61 Å². The molecule has 0 saturated heterocycles. The van der Waals surface area contributed by atoms with Crippen molar-refractivity contribution in [2.24, 2.45) is 0 Å². The number of hydrogen-bond donors (Lipinski definition) is 1. The number of benzene rings is 1. The molecule has 0 saturated carbocycles. The maximum atomic E-state index is 12.2. The Kier molecular flexibility index (Phi) is 8.71. The highest BCUT2D eigenvalue weighted by molar-refractivity contribution is 5.84. The van der Waals surface area contributed by atoms with Gasteiger partial charge in [-0.2, -0.15) is 4.57 Å². The standard InChI is InChI=1S/C18H20N2O3.BrH/c1-2-23-18(22)16(13-15-9-5-3-6-10-15)19-17(21)14-20-11-7-4-8-12-20;/h3-12,16H,2,13-14H2,1H3;1H/t16-;/m0./s1. The number of aromatic nitrogens is 1. The van der Waals surface area contributed by atoms with Gasteiger partial charge in [0.1, 0.15) is 6.04 Å². The minimum absolute atomic E-state index is 0. The topological polar surface area (TPSA) is 59.3 Å². The number of esters is 1. The summed E-state index contributed by atoms with van der Waals surface area (Å²) in [4.78, 5) is 24.3. The summed E-state index contributed by atoms with van der Waals surface area (Å²) in [6.45, 7) is 2.19. The van der Waals surface area contributed by atoms with Crippen LogP contribution in [0.2, 0.25) is 0 Å². The number of nitrogens with zero attached hydrogens (tertiary/aromatic N) is 1. The van der Waals surface area contributed by atoms with E-state index >= 15 is 0 Å². The number of nitrogens with one attached hydrogen (secondary N) is 1. The van der Waals surface area contributed by atoms with Crippen molar-refractivity contribution in [3.05, 3.63) is 66.5 Å². The van der Waals surface area contributed by atoms with E-state index in [1.165, 1.54) is 0 Å². The van der Waals surface area contributed by atoms with Crippen molar-refractivity contribution in [2.45, 2.75) is 25.9 Å². The summed E-state index contributed by atoms with van der Waals surface area (Å²) in [5, 5.41) is 2.76. The number of carbonyl (C=O) groups is 2. The van der Waals surface area contributed by atoms with Crippen molar-refractivity contribution in [2.75, 3.05) is 6.61 Å². The largest absolute Gasteiger partial charge is 1.00 e. The summed E-state index contributed by atoms with van der Waals surface area (Å²) >= 11 is 0. The summed E-state index contributed by atoms with van der Waals surface area (Å²) < 4.78 is 6.82. The fourth-order valence-electron chi connectivity index (χ4n) is 2.23. The van der Waals surface area contributed by atoms with Crippen LogP contribution in [-0.4, -0.2) is 24.5 Å². The van der Waals surface area contributed by atoms with Crippen LogP contribution in [-0.2, 0) is 27.3 Å². The molecule has 0 bridgehead atoms. The summed E-state index contributed by atoms with van der Waals surface area (Å²) in [6, 6.07) is 14.4. The molecular weight excluding hydrogens is 372 g/mol. The number of carbonyl (C=O) groups excluding carboxylic acids is 2. The molecule has 5 nitrogen and oxygen atoms in total. The average Bonchev–Trinajstić information content (AvgIpc) is 2.56.